The van der Waals surface area contributed by atoms with Gasteiger partial charge in [0.2, 0.25) is 0 Å². The van der Waals surface area contributed by atoms with Gasteiger partial charge in [-0.1, -0.05) is 6.08 Å². The van der Waals surface area contributed by atoms with Gasteiger partial charge >= 0.3 is 12.0 Å². The topological polar surface area (TPSA) is 78.4 Å². The van der Waals surface area contributed by atoms with E-state index in [0.717, 1.165) is 3.57 Å². The summed E-state index contributed by atoms with van der Waals surface area (Å²) in [4.78, 5) is 22.6. The number of urea groups is 1. The van der Waals surface area contributed by atoms with E-state index in [2.05, 4.69) is 17.2 Å². The Balaban J connectivity index is 2.87. The smallest absolute Gasteiger partial charge is 0.337 e. The number of carbonyl (C=O) groups is 2. The van der Waals surface area contributed by atoms with Crippen LogP contribution in [0.3, 0.4) is 0 Å². The van der Waals surface area contributed by atoms with Crippen molar-refractivity contribution in [3.63, 3.8) is 0 Å². The lowest BCUT2D eigenvalue weighted by atomic mass is 10.2. The van der Waals surface area contributed by atoms with E-state index in [4.69, 9.17) is 5.11 Å². The fourth-order valence-corrected chi connectivity index (χ4v) is 1.72. The van der Waals surface area contributed by atoms with Gasteiger partial charge in [0.1, 0.15) is 0 Å². The van der Waals surface area contributed by atoms with E-state index in [9.17, 15) is 9.59 Å². The predicted molar refractivity (Wildman–Crippen MR) is 77.9 cm³/mol. The lowest BCUT2D eigenvalue weighted by molar-refractivity contribution is 0.0698. The Labute approximate surface area is 118 Å². The second-order valence-corrected chi connectivity index (χ2v) is 4.86. The quantitative estimate of drug-likeness (QED) is 0.571. The summed E-state index contributed by atoms with van der Waals surface area (Å²) in [6.07, 6.45) is 1.58. The monoisotopic (exact) mass is 360 g/mol. The van der Waals surface area contributed by atoms with Crippen LogP contribution in [0.2, 0.25) is 0 Å². The molecule has 96 valence electrons. The lowest BCUT2D eigenvalue weighted by Gasteiger charge is -2.12. The fourth-order valence-electron chi connectivity index (χ4n) is 1.23. The summed E-state index contributed by atoms with van der Waals surface area (Å²) in [6, 6.07) is 4.12. The van der Waals surface area contributed by atoms with E-state index in [-0.39, 0.29) is 17.3 Å². The number of carbonyl (C=O) groups excluding carboxylic acids is 1. The first kappa shape index (κ1) is 14.5. The average molecular weight is 360 g/mol. The summed E-state index contributed by atoms with van der Waals surface area (Å²) in [5, 5.41) is 14.1. The molecule has 0 spiro atoms. The van der Waals surface area contributed by atoms with Crippen LogP contribution in [0, 0.1) is 3.57 Å². The highest BCUT2D eigenvalue weighted by molar-refractivity contribution is 14.1. The summed E-state index contributed by atoms with van der Waals surface area (Å²) >= 11 is 2.01. The van der Waals surface area contributed by atoms with Crippen molar-refractivity contribution in [3.05, 3.63) is 40.0 Å². The Bertz CT molecular complexity index is 488. The SMILES string of the molecule is C=CC(C)NC(=O)Nc1ccc(I)cc1C(=O)O. The van der Waals surface area contributed by atoms with Gasteiger partial charge in [-0.3, -0.25) is 0 Å². The second-order valence-electron chi connectivity index (χ2n) is 3.62. The Morgan fingerprint density at radius 2 is 2.17 bits per heavy atom. The van der Waals surface area contributed by atoms with Crippen LogP contribution in [-0.2, 0) is 0 Å². The summed E-state index contributed by atoms with van der Waals surface area (Å²) in [6.45, 7) is 5.30. The third kappa shape index (κ3) is 4.02. The van der Waals surface area contributed by atoms with E-state index >= 15 is 0 Å². The summed E-state index contributed by atoms with van der Waals surface area (Å²) in [5.74, 6) is -1.08. The van der Waals surface area contributed by atoms with Crippen molar-refractivity contribution in [1.29, 1.82) is 0 Å². The van der Waals surface area contributed by atoms with Crippen LogP contribution in [0.5, 0.6) is 0 Å². The van der Waals surface area contributed by atoms with Crippen LogP contribution in [0.4, 0.5) is 10.5 Å². The zero-order valence-electron chi connectivity index (χ0n) is 9.74. The predicted octanol–water partition coefficient (Wildman–Crippen LogP) is 2.69. The minimum atomic E-state index is -1.08. The molecule has 0 aromatic heterocycles. The number of anilines is 1. The van der Waals surface area contributed by atoms with E-state index in [1.165, 1.54) is 6.07 Å². The van der Waals surface area contributed by atoms with Gasteiger partial charge in [0.25, 0.3) is 0 Å². The highest BCUT2D eigenvalue weighted by Crippen LogP contribution is 2.18. The molecule has 0 radical (unpaired) electrons. The number of aromatic carboxylic acids is 1. The number of hydrogen-bond acceptors (Lipinski definition) is 2. The molecular formula is C12H13IN2O3. The molecule has 18 heavy (non-hydrogen) atoms. The minimum Gasteiger partial charge on any atom is -0.478 e. The standard InChI is InChI=1S/C12H13IN2O3/c1-3-7(2)14-12(18)15-10-5-4-8(13)6-9(10)11(16)17/h3-7H,1H2,2H3,(H,16,17)(H2,14,15,18). The van der Waals surface area contributed by atoms with Crippen molar-refractivity contribution in [1.82, 2.24) is 5.32 Å². The first-order valence-electron chi connectivity index (χ1n) is 5.17. The van der Waals surface area contributed by atoms with Gasteiger partial charge in [-0.2, -0.15) is 0 Å². The molecule has 1 rings (SSSR count). The van der Waals surface area contributed by atoms with Crippen molar-refractivity contribution in [2.45, 2.75) is 13.0 Å². The average Bonchev–Trinajstić information content (AvgIpc) is 2.30. The van der Waals surface area contributed by atoms with Crippen LogP contribution in [0.15, 0.2) is 30.9 Å². The largest absolute Gasteiger partial charge is 0.478 e. The van der Waals surface area contributed by atoms with Crippen molar-refractivity contribution < 1.29 is 14.7 Å². The van der Waals surface area contributed by atoms with E-state index < -0.39 is 12.0 Å². The molecule has 0 fully saturated rings. The van der Waals surface area contributed by atoms with Gasteiger partial charge in [0.15, 0.2) is 0 Å². The first-order valence-corrected chi connectivity index (χ1v) is 6.25. The molecule has 0 aliphatic rings. The molecule has 1 atom stereocenters. The molecule has 0 heterocycles. The van der Waals surface area contributed by atoms with Crippen molar-refractivity contribution in [2.24, 2.45) is 0 Å². The summed E-state index contributed by atoms with van der Waals surface area (Å²) in [5.41, 5.74) is 0.319. The van der Waals surface area contributed by atoms with Crippen molar-refractivity contribution >= 4 is 40.3 Å². The number of hydrogen-bond donors (Lipinski definition) is 3. The lowest BCUT2D eigenvalue weighted by Crippen LogP contribution is -2.35. The maximum atomic E-state index is 11.6. The molecule has 0 aliphatic heterocycles. The molecule has 1 aromatic carbocycles. The van der Waals surface area contributed by atoms with E-state index in [1.807, 2.05) is 22.6 Å². The van der Waals surface area contributed by atoms with Crippen molar-refractivity contribution in [3.8, 4) is 0 Å². The van der Waals surface area contributed by atoms with Gasteiger partial charge in [0, 0.05) is 9.61 Å². The summed E-state index contributed by atoms with van der Waals surface area (Å²) < 4.78 is 0.787. The van der Waals surface area contributed by atoms with Crippen LogP contribution in [0.25, 0.3) is 0 Å². The Morgan fingerprint density at radius 1 is 1.50 bits per heavy atom. The van der Waals surface area contributed by atoms with Gasteiger partial charge < -0.3 is 15.7 Å². The molecule has 0 aliphatic carbocycles. The highest BCUT2D eigenvalue weighted by atomic mass is 127. The molecule has 1 unspecified atom stereocenters. The number of benzene rings is 1. The van der Waals surface area contributed by atoms with Crippen LogP contribution < -0.4 is 10.6 Å². The minimum absolute atomic E-state index is 0.0586. The third-order valence-corrected chi connectivity index (χ3v) is 2.84. The number of halogens is 1. The van der Waals surface area contributed by atoms with Crippen LogP contribution in [-0.4, -0.2) is 23.1 Å². The van der Waals surface area contributed by atoms with Crippen LogP contribution in [0.1, 0.15) is 17.3 Å². The maximum absolute atomic E-state index is 11.6. The molecule has 5 nitrogen and oxygen atoms in total. The van der Waals surface area contributed by atoms with E-state index in [1.54, 1.807) is 25.1 Å². The molecule has 0 saturated carbocycles. The number of carboxylic acid groups (broad SMARTS) is 1. The first-order chi connectivity index (χ1) is 8.43. The Kier molecular flexibility index (Phi) is 5.14. The van der Waals surface area contributed by atoms with Crippen molar-refractivity contribution in [2.75, 3.05) is 5.32 Å². The fraction of sp³-hybridized carbons (Fsp3) is 0.167. The molecule has 0 saturated heterocycles. The zero-order chi connectivity index (χ0) is 13.7. The Hall–Kier alpha value is -1.57. The van der Waals surface area contributed by atoms with Crippen LogP contribution >= 0.6 is 22.6 Å². The van der Waals surface area contributed by atoms with Gasteiger partial charge in [0.05, 0.1) is 11.3 Å². The second kappa shape index (κ2) is 6.39. The molecule has 0 bridgehead atoms. The Morgan fingerprint density at radius 3 is 2.72 bits per heavy atom. The third-order valence-electron chi connectivity index (χ3n) is 2.17. The summed E-state index contributed by atoms with van der Waals surface area (Å²) in [7, 11) is 0. The number of rotatable bonds is 4. The normalized spacial score (nSPS) is 11.4. The van der Waals surface area contributed by atoms with Gasteiger partial charge in [-0.15, -0.1) is 6.58 Å². The number of carboxylic acids is 1. The number of amides is 2. The number of nitrogens with one attached hydrogen (secondary N) is 2. The van der Waals surface area contributed by atoms with E-state index in [0.29, 0.717) is 0 Å². The molecule has 3 N–H and O–H groups in total. The molecular weight excluding hydrogens is 347 g/mol. The maximum Gasteiger partial charge on any atom is 0.337 e. The molecule has 2 amide bonds. The highest BCUT2D eigenvalue weighted by Gasteiger charge is 2.13. The molecule has 6 heteroatoms. The zero-order valence-corrected chi connectivity index (χ0v) is 11.9. The van der Waals surface area contributed by atoms with Gasteiger partial charge in [-0.25, -0.2) is 9.59 Å². The molecule has 1 aromatic rings. The van der Waals surface area contributed by atoms with Gasteiger partial charge in [-0.05, 0) is 47.7 Å².